The molecule has 1 aromatic rings. The Labute approximate surface area is 104 Å². The van der Waals surface area contributed by atoms with Crippen LogP contribution in [0.25, 0.3) is 0 Å². The molecule has 6 heteroatoms. The zero-order valence-electron chi connectivity index (χ0n) is 9.33. The molecule has 0 fully saturated rings. The summed E-state index contributed by atoms with van der Waals surface area (Å²) in [6.07, 6.45) is -5.11. The third kappa shape index (κ3) is 5.79. The van der Waals surface area contributed by atoms with E-state index < -0.39 is 18.6 Å². The Morgan fingerprint density at radius 1 is 1.24 bits per heavy atom. The largest absolute Gasteiger partial charge is 0.497 e. The van der Waals surface area contributed by atoms with E-state index in [0.717, 1.165) is 0 Å². The van der Waals surface area contributed by atoms with Crippen LogP contribution in [0.5, 0.6) is 5.75 Å². The van der Waals surface area contributed by atoms with E-state index in [-0.39, 0.29) is 18.8 Å². The minimum atomic E-state index is -4.15. The van der Waals surface area contributed by atoms with Crippen LogP contribution in [0, 0.1) is 0 Å². The molecular weight excluding hydrogens is 255 g/mol. The third-order valence-corrected chi connectivity index (χ3v) is 2.28. The van der Waals surface area contributed by atoms with Crippen molar-refractivity contribution in [3.8, 4) is 5.75 Å². The molecule has 0 saturated carbocycles. The van der Waals surface area contributed by atoms with E-state index in [1.165, 1.54) is 7.11 Å². The SMILES string of the molecule is COc1ccc([C@@H](N)CCC(F)(F)F)cc1.Cl. The molecule has 0 heterocycles. The van der Waals surface area contributed by atoms with Crippen LogP contribution in [0.2, 0.25) is 0 Å². The average Bonchev–Trinajstić information content (AvgIpc) is 2.25. The van der Waals surface area contributed by atoms with Crippen molar-refractivity contribution in [3.63, 3.8) is 0 Å². The number of hydrogen-bond acceptors (Lipinski definition) is 2. The van der Waals surface area contributed by atoms with Gasteiger partial charge in [-0.25, -0.2) is 0 Å². The van der Waals surface area contributed by atoms with Gasteiger partial charge in [0.25, 0.3) is 0 Å². The average molecular weight is 270 g/mol. The highest BCUT2D eigenvalue weighted by Crippen LogP contribution is 2.26. The summed E-state index contributed by atoms with van der Waals surface area (Å²) in [7, 11) is 1.53. The first-order chi connectivity index (χ1) is 7.42. The standard InChI is InChI=1S/C11H14F3NO.ClH/c1-16-9-4-2-8(3-5-9)10(15)6-7-11(12,13)14;/h2-5,10H,6-7,15H2,1H3;1H/t10-;/m0./s1. The fraction of sp³-hybridized carbons (Fsp3) is 0.455. The van der Waals surface area contributed by atoms with Crippen LogP contribution in [-0.4, -0.2) is 13.3 Å². The number of benzene rings is 1. The summed E-state index contributed by atoms with van der Waals surface area (Å²) in [5, 5.41) is 0. The maximum atomic E-state index is 12.0. The van der Waals surface area contributed by atoms with Crippen LogP contribution < -0.4 is 10.5 Å². The number of hydrogen-bond donors (Lipinski definition) is 1. The quantitative estimate of drug-likeness (QED) is 0.908. The molecule has 0 radical (unpaired) electrons. The second-order valence-corrected chi connectivity index (χ2v) is 3.53. The molecule has 0 aromatic heterocycles. The lowest BCUT2D eigenvalue weighted by Gasteiger charge is -2.13. The Hall–Kier alpha value is -0.940. The molecule has 0 amide bonds. The molecule has 17 heavy (non-hydrogen) atoms. The monoisotopic (exact) mass is 269 g/mol. The van der Waals surface area contributed by atoms with Gasteiger partial charge in [0.2, 0.25) is 0 Å². The van der Waals surface area contributed by atoms with E-state index in [1.54, 1.807) is 24.3 Å². The highest BCUT2D eigenvalue weighted by atomic mass is 35.5. The van der Waals surface area contributed by atoms with Crippen molar-refractivity contribution in [2.24, 2.45) is 5.73 Å². The van der Waals surface area contributed by atoms with Crippen molar-refractivity contribution in [2.75, 3.05) is 7.11 Å². The van der Waals surface area contributed by atoms with Crippen LogP contribution in [-0.2, 0) is 0 Å². The minimum absolute atomic E-state index is 0. The van der Waals surface area contributed by atoms with E-state index in [9.17, 15) is 13.2 Å². The number of nitrogens with two attached hydrogens (primary N) is 1. The third-order valence-electron chi connectivity index (χ3n) is 2.28. The smallest absolute Gasteiger partial charge is 0.389 e. The highest BCUT2D eigenvalue weighted by Gasteiger charge is 2.27. The van der Waals surface area contributed by atoms with Gasteiger partial charge in [0.05, 0.1) is 7.11 Å². The van der Waals surface area contributed by atoms with Crippen LogP contribution in [0.4, 0.5) is 13.2 Å². The molecule has 0 aliphatic heterocycles. The molecule has 1 atom stereocenters. The van der Waals surface area contributed by atoms with Gasteiger partial charge in [0.15, 0.2) is 0 Å². The lowest BCUT2D eigenvalue weighted by Crippen LogP contribution is -2.15. The van der Waals surface area contributed by atoms with Gasteiger partial charge in [-0.2, -0.15) is 13.2 Å². The summed E-state index contributed by atoms with van der Waals surface area (Å²) in [5.41, 5.74) is 6.34. The highest BCUT2D eigenvalue weighted by molar-refractivity contribution is 5.85. The normalized spacial score (nSPS) is 12.8. The summed E-state index contributed by atoms with van der Waals surface area (Å²) in [6.45, 7) is 0. The van der Waals surface area contributed by atoms with Gasteiger partial charge in [-0.3, -0.25) is 0 Å². The number of ether oxygens (including phenoxy) is 1. The minimum Gasteiger partial charge on any atom is -0.497 e. The molecule has 1 rings (SSSR count). The molecular formula is C11H15ClF3NO. The molecule has 1 aromatic carbocycles. The maximum Gasteiger partial charge on any atom is 0.389 e. The summed E-state index contributed by atoms with van der Waals surface area (Å²) < 4.78 is 40.9. The molecule has 0 aliphatic rings. The van der Waals surface area contributed by atoms with Gasteiger partial charge < -0.3 is 10.5 Å². The van der Waals surface area contributed by atoms with E-state index in [2.05, 4.69) is 0 Å². The fourth-order valence-electron chi connectivity index (χ4n) is 1.34. The van der Waals surface area contributed by atoms with Crippen molar-refractivity contribution < 1.29 is 17.9 Å². The Bertz CT molecular complexity index is 326. The van der Waals surface area contributed by atoms with E-state index in [4.69, 9.17) is 10.5 Å². The Morgan fingerprint density at radius 2 is 1.76 bits per heavy atom. The summed E-state index contributed by atoms with van der Waals surface area (Å²) in [6, 6.07) is 6.14. The zero-order valence-corrected chi connectivity index (χ0v) is 10.1. The maximum absolute atomic E-state index is 12.0. The molecule has 0 saturated heterocycles. The molecule has 2 N–H and O–H groups in total. The summed E-state index contributed by atoms with van der Waals surface area (Å²) in [5.74, 6) is 0.659. The predicted molar refractivity (Wildman–Crippen MR) is 62.5 cm³/mol. The van der Waals surface area contributed by atoms with E-state index in [1.807, 2.05) is 0 Å². The van der Waals surface area contributed by atoms with Crippen LogP contribution in [0.1, 0.15) is 24.4 Å². The fourth-order valence-corrected chi connectivity index (χ4v) is 1.34. The topological polar surface area (TPSA) is 35.2 Å². The zero-order chi connectivity index (χ0) is 12.2. The molecule has 0 spiro atoms. The van der Waals surface area contributed by atoms with Crippen molar-refractivity contribution in [2.45, 2.75) is 25.1 Å². The van der Waals surface area contributed by atoms with Gasteiger partial charge in [-0.15, -0.1) is 12.4 Å². The molecule has 2 nitrogen and oxygen atoms in total. The second-order valence-electron chi connectivity index (χ2n) is 3.53. The summed E-state index contributed by atoms with van der Waals surface area (Å²) >= 11 is 0. The first-order valence-corrected chi connectivity index (χ1v) is 4.88. The van der Waals surface area contributed by atoms with Gasteiger partial charge in [-0.05, 0) is 24.1 Å². The first kappa shape index (κ1) is 16.1. The Kier molecular flexibility index (Phi) is 6.34. The van der Waals surface area contributed by atoms with Crippen molar-refractivity contribution in [1.82, 2.24) is 0 Å². The van der Waals surface area contributed by atoms with E-state index >= 15 is 0 Å². The molecule has 0 aliphatic carbocycles. The molecule has 0 bridgehead atoms. The van der Waals surface area contributed by atoms with E-state index in [0.29, 0.717) is 11.3 Å². The van der Waals surface area contributed by atoms with Crippen molar-refractivity contribution >= 4 is 12.4 Å². The Morgan fingerprint density at radius 3 is 2.18 bits per heavy atom. The predicted octanol–water partition coefficient (Wildman–Crippen LogP) is 3.46. The van der Waals surface area contributed by atoms with Gasteiger partial charge in [0, 0.05) is 12.5 Å². The number of methoxy groups -OCH3 is 1. The Balaban J connectivity index is 0.00000256. The molecule has 98 valence electrons. The lowest BCUT2D eigenvalue weighted by atomic mass is 10.0. The summed E-state index contributed by atoms with van der Waals surface area (Å²) in [4.78, 5) is 0. The molecule has 0 unspecified atom stereocenters. The van der Waals surface area contributed by atoms with Crippen LogP contribution >= 0.6 is 12.4 Å². The van der Waals surface area contributed by atoms with Gasteiger partial charge in [-0.1, -0.05) is 12.1 Å². The van der Waals surface area contributed by atoms with Crippen LogP contribution in [0.3, 0.4) is 0 Å². The number of alkyl halides is 3. The number of rotatable bonds is 4. The van der Waals surface area contributed by atoms with Gasteiger partial charge >= 0.3 is 6.18 Å². The van der Waals surface area contributed by atoms with Crippen molar-refractivity contribution in [1.29, 1.82) is 0 Å². The van der Waals surface area contributed by atoms with Gasteiger partial charge in [0.1, 0.15) is 5.75 Å². The second kappa shape index (κ2) is 6.71. The van der Waals surface area contributed by atoms with Crippen LogP contribution in [0.15, 0.2) is 24.3 Å². The number of halogens is 4. The first-order valence-electron chi connectivity index (χ1n) is 4.88. The lowest BCUT2D eigenvalue weighted by molar-refractivity contribution is -0.136. The van der Waals surface area contributed by atoms with Crippen molar-refractivity contribution in [3.05, 3.63) is 29.8 Å².